The minimum absolute atomic E-state index is 0.00196. The maximum absolute atomic E-state index is 13.9. The van der Waals surface area contributed by atoms with Crippen LogP contribution in [0, 0.1) is 11.7 Å². The zero-order valence-electron chi connectivity index (χ0n) is 10.4. The molecule has 0 amide bonds. The lowest BCUT2D eigenvalue weighted by Gasteiger charge is -2.16. The second kappa shape index (κ2) is 5.48. The van der Waals surface area contributed by atoms with Crippen LogP contribution < -0.4 is 0 Å². The first-order chi connectivity index (χ1) is 8.61. The Morgan fingerprint density at radius 3 is 2.83 bits per heavy atom. The molecule has 1 atom stereocenters. The number of carboxylic acids is 1. The minimum Gasteiger partial charge on any atom is -0.481 e. The molecule has 98 valence electrons. The lowest BCUT2D eigenvalue weighted by molar-refractivity contribution is -0.137. The van der Waals surface area contributed by atoms with E-state index in [0.29, 0.717) is 18.1 Å². The molecule has 0 heterocycles. The molecule has 2 rings (SSSR count). The topological polar surface area (TPSA) is 46.5 Å². The summed E-state index contributed by atoms with van der Waals surface area (Å²) < 4.78 is 18.9. The van der Waals surface area contributed by atoms with E-state index in [1.54, 1.807) is 19.2 Å². The Hall–Kier alpha value is -1.42. The largest absolute Gasteiger partial charge is 0.481 e. The Balaban J connectivity index is 2.27. The number of carboxylic acid groups (broad SMARTS) is 1. The highest BCUT2D eigenvalue weighted by Gasteiger charge is 2.35. The van der Waals surface area contributed by atoms with Gasteiger partial charge in [-0.1, -0.05) is 12.1 Å². The Morgan fingerprint density at radius 2 is 2.28 bits per heavy atom. The van der Waals surface area contributed by atoms with Crippen molar-refractivity contribution in [3.8, 4) is 0 Å². The highest BCUT2D eigenvalue weighted by molar-refractivity contribution is 5.68. The predicted molar refractivity (Wildman–Crippen MR) is 64.8 cm³/mol. The van der Waals surface area contributed by atoms with Crippen LogP contribution in [0.25, 0.3) is 0 Å². The van der Waals surface area contributed by atoms with Crippen LogP contribution in [0.4, 0.5) is 4.39 Å². The van der Waals surface area contributed by atoms with Gasteiger partial charge in [-0.2, -0.15) is 0 Å². The molecule has 0 bridgehead atoms. The van der Waals surface area contributed by atoms with E-state index in [4.69, 9.17) is 9.84 Å². The molecule has 3 nitrogen and oxygen atoms in total. The second-order valence-electron chi connectivity index (χ2n) is 4.83. The van der Waals surface area contributed by atoms with Gasteiger partial charge in [0.15, 0.2) is 0 Å². The van der Waals surface area contributed by atoms with Crippen LogP contribution in [0.15, 0.2) is 18.2 Å². The van der Waals surface area contributed by atoms with E-state index < -0.39 is 5.97 Å². The summed E-state index contributed by atoms with van der Waals surface area (Å²) in [5.74, 6) is -1.08. The summed E-state index contributed by atoms with van der Waals surface area (Å²) in [5.41, 5.74) is 1.40. The molecule has 0 aliphatic heterocycles. The van der Waals surface area contributed by atoms with Crippen molar-refractivity contribution in [2.24, 2.45) is 5.92 Å². The number of hydrogen-bond donors (Lipinski definition) is 1. The molecule has 18 heavy (non-hydrogen) atoms. The number of aliphatic carboxylic acids is 1. The van der Waals surface area contributed by atoms with Gasteiger partial charge >= 0.3 is 5.97 Å². The van der Waals surface area contributed by atoms with E-state index in [1.165, 1.54) is 6.07 Å². The molecule has 1 unspecified atom stereocenters. The number of benzene rings is 1. The van der Waals surface area contributed by atoms with Crippen LogP contribution in [0.5, 0.6) is 0 Å². The lowest BCUT2D eigenvalue weighted by Crippen LogP contribution is -2.10. The Kier molecular flexibility index (Phi) is 3.97. The SMILES string of the molecule is COCc1ccc(F)c(C(CC(=O)O)C2CC2)c1. The number of ether oxygens (including phenoxy) is 1. The van der Waals surface area contributed by atoms with Gasteiger partial charge in [0.05, 0.1) is 13.0 Å². The molecule has 1 N–H and O–H groups in total. The van der Waals surface area contributed by atoms with Crippen LogP contribution >= 0.6 is 0 Å². The average molecular weight is 252 g/mol. The molecule has 1 fully saturated rings. The minimum atomic E-state index is -0.872. The van der Waals surface area contributed by atoms with Crippen LogP contribution in [-0.2, 0) is 16.1 Å². The summed E-state index contributed by atoms with van der Waals surface area (Å²) >= 11 is 0. The van der Waals surface area contributed by atoms with Gasteiger partial charge in [-0.3, -0.25) is 4.79 Å². The standard InChI is InChI=1S/C14H17FO3/c1-18-8-9-2-5-13(15)12(6-9)11(7-14(16)17)10-3-4-10/h2,5-6,10-11H,3-4,7-8H2,1H3,(H,16,17). The zero-order valence-corrected chi connectivity index (χ0v) is 10.4. The molecule has 0 radical (unpaired) electrons. The predicted octanol–water partition coefficient (Wildman–Crippen LogP) is 2.94. The smallest absolute Gasteiger partial charge is 0.303 e. The van der Waals surface area contributed by atoms with Crippen LogP contribution in [0.3, 0.4) is 0 Å². The van der Waals surface area contributed by atoms with E-state index in [9.17, 15) is 9.18 Å². The Labute approximate surface area is 106 Å². The number of rotatable bonds is 6. The number of methoxy groups -OCH3 is 1. The van der Waals surface area contributed by atoms with Gasteiger partial charge in [0.25, 0.3) is 0 Å². The quantitative estimate of drug-likeness (QED) is 0.846. The van der Waals surface area contributed by atoms with Gasteiger partial charge in [0, 0.05) is 13.0 Å². The van der Waals surface area contributed by atoms with Gasteiger partial charge in [-0.05, 0) is 36.0 Å². The van der Waals surface area contributed by atoms with Crippen LogP contribution in [0.2, 0.25) is 0 Å². The molecule has 0 spiro atoms. The Morgan fingerprint density at radius 1 is 1.56 bits per heavy atom. The van der Waals surface area contributed by atoms with Crippen molar-refractivity contribution in [3.05, 3.63) is 35.1 Å². The fourth-order valence-electron chi connectivity index (χ4n) is 2.35. The lowest BCUT2D eigenvalue weighted by atomic mass is 9.89. The molecule has 1 aromatic carbocycles. The third kappa shape index (κ3) is 3.07. The van der Waals surface area contributed by atoms with E-state index in [0.717, 1.165) is 18.4 Å². The normalized spacial score (nSPS) is 16.6. The van der Waals surface area contributed by atoms with Gasteiger partial charge in [-0.25, -0.2) is 4.39 Å². The summed E-state index contributed by atoms with van der Waals surface area (Å²) in [4.78, 5) is 10.9. The molecule has 0 aromatic heterocycles. The third-order valence-electron chi connectivity index (χ3n) is 3.36. The van der Waals surface area contributed by atoms with Crippen molar-refractivity contribution in [3.63, 3.8) is 0 Å². The van der Waals surface area contributed by atoms with Crippen LogP contribution in [-0.4, -0.2) is 18.2 Å². The van der Waals surface area contributed by atoms with Gasteiger partial charge in [-0.15, -0.1) is 0 Å². The number of halogens is 1. The fourth-order valence-corrected chi connectivity index (χ4v) is 2.35. The number of carbonyl (C=O) groups is 1. The summed E-state index contributed by atoms with van der Waals surface area (Å²) in [5, 5.41) is 8.94. The van der Waals surface area contributed by atoms with Crippen molar-refractivity contribution in [1.29, 1.82) is 0 Å². The van der Waals surface area contributed by atoms with Gasteiger partial charge in [0.1, 0.15) is 5.82 Å². The molecular formula is C14H17FO3. The first kappa shape index (κ1) is 13.0. The second-order valence-corrected chi connectivity index (χ2v) is 4.83. The van der Waals surface area contributed by atoms with E-state index in [2.05, 4.69) is 0 Å². The van der Waals surface area contributed by atoms with Crippen LogP contribution in [0.1, 0.15) is 36.3 Å². The van der Waals surface area contributed by atoms with Crippen molar-refractivity contribution in [2.45, 2.75) is 31.8 Å². The fraction of sp³-hybridized carbons (Fsp3) is 0.500. The maximum Gasteiger partial charge on any atom is 0.303 e. The molecule has 1 saturated carbocycles. The monoisotopic (exact) mass is 252 g/mol. The summed E-state index contributed by atoms with van der Waals surface area (Å²) in [6, 6.07) is 4.82. The van der Waals surface area contributed by atoms with E-state index >= 15 is 0 Å². The molecule has 1 aliphatic carbocycles. The zero-order chi connectivity index (χ0) is 13.1. The summed E-state index contributed by atoms with van der Waals surface area (Å²) in [7, 11) is 1.58. The number of hydrogen-bond acceptors (Lipinski definition) is 2. The highest BCUT2D eigenvalue weighted by Crippen LogP contribution is 2.45. The van der Waals surface area contributed by atoms with Crippen molar-refractivity contribution < 1.29 is 19.0 Å². The summed E-state index contributed by atoms with van der Waals surface area (Å²) in [6.07, 6.45) is 1.98. The molecule has 1 aromatic rings. The maximum atomic E-state index is 13.9. The van der Waals surface area contributed by atoms with Gasteiger partial charge in [0.2, 0.25) is 0 Å². The third-order valence-corrected chi connectivity index (χ3v) is 3.36. The van der Waals surface area contributed by atoms with E-state index in [1.807, 2.05) is 0 Å². The molecule has 1 aliphatic rings. The van der Waals surface area contributed by atoms with Gasteiger partial charge < -0.3 is 9.84 Å². The molecule has 0 saturated heterocycles. The summed E-state index contributed by atoms with van der Waals surface area (Å²) in [6.45, 7) is 0.414. The Bertz CT molecular complexity index is 441. The van der Waals surface area contributed by atoms with Crippen molar-refractivity contribution >= 4 is 5.97 Å². The first-order valence-electron chi connectivity index (χ1n) is 6.11. The van der Waals surface area contributed by atoms with Crippen molar-refractivity contribution in [2.75, 3.05) is 7.11 Å². The average Bonchev–Trinajstić information content (AvgIpc) is 3.13. The highest BCUT2D eigenvalue weighted by atomic mass is 19.1. The molecular weight excluding hydrogens is 235 g/mol. The first-order valence-corrected chi connectivity index (χ1v) is 6.11. The molecule has 4 heteroatoms. The van der Waals surface area contributed by atoms with E-state index in [-0.39, 0.29) is 18.2 Å². The van der Waals surface area contributed by atoms with Crippen molar-refractivity contribution in [1.82, 2.24) is 0 Å².